The molecule has 2 saturated heterocycles. The second-order valence-electron chi connectivity index (χ2n) is 8.72. The number of anilines is 3. The second kappa shape index (κ2) is 9.90. The van der Waals surface area contributed by atoms with Crippen LogP contribution in [0.25, 0.3) is 0 Å². The Morgan fingerprint density at radius 2 is 1.32 bits per heavy atom. The molecule has 10 heteroatoms. The van der Waals surface area contributed by atoms with Crippen molar-refractivity contribution in [3.8, 4) is 0 Å². The lowest BCUT2D eigenvalue weighted by molar-refractivity contribution is 0.102. The van der Waals surface area contributed by atoms with Crippen LogP contribution in [0.5, 0.6) is 0 Å². The molecule has 0 aromatic heterocycles. The summed E-state index contributed by atoms with van der Waals surface area (Å²) in [5, 5.41) is 18.1. The van der Waals surface area contributed by atoms with Crippen LogP contribution in [0.4, 0.5) is 17.1 Å². The Kier molecular flexibility index (Phi) is 6.76. The fourth-order valence-corrected chi connectivity index (χ4v) is 4.51. The highest BCUT2D eigenvalue weighted by atomic mass is 16.1. The van der Waals surface area contributed by atoms with Gasteiger partial charge in [0, 0.05) is 75.0 Å². The number of hydrogen-bond acceptors (Lipinski definition) is 5. The smallest absolute Gasteiger partial charge is 0.255 e. The molecule has 1 amide bonds. The molecule has 0 bridgehead atoms. The number of nitrogens with two attached hydrogens (primary N) is 2. The van der Waals surface area contributed by atoms with Crippen LogP contribution in [-0.2, 0) is 0 Å². The number of rotatable bonds is 4. The lowest BCUT2D eigenvalue weighted by Gasteiger charge is -2.37. The van der Waals surface area contributed by atoms with Gasteiger partial charge in [0.1, 0.15) is 0 Å². The van der Waals surface area contributed by atoms with Gasteiger partial charge < -0.3 is 36.4 Å². The maximum Gasteiger partial charge on any atom is 0.255 e. The van der Waals surface area contributed by atoms with E-state index in [-0.39, 0.29) is 17.8 Å². The summed E-state index contributed by atoms with van der Waals surface area (Å²) in [6, 6.07) is 13.6. The number of guanidine groups is 2. The summed E-state index contributed by atoms with van der Waals surface area (Å²) in [6.45, 7) is 8.15. The number of piperazine rings is 2. The lowest BCUT2D eigenvalue weighted by atomic mass is 10.1. The molecular weight excluding hydrogens is 430 g/mol. The van der Waals surface area contributed by atoms with Crippen LogP contribution in [0.3, 0.4) is 0 Å². The van der Waals surface area contributed by atoms with E-state index in [2.05, 4.69) is 15.1 Å². The van der Waals surface area contributed by atoms with E-state index in [9.17, 15) is 4.79 Å². The molecule has 0 saturated carbocycles. The first-order valence-corrected chi connectivity index (χ1v) is 11.5. The predicted molar refractivity (Wildman–Crippen MR) is 137 cm³/mol. The van der Waals surface area contributed by atoms with E-state index in [1.54, 1.807) is 0 Å². The number of benzene rings is 2. The van der Waals surface area contributed by atoms with Crippen LogP contribution in [0, 0.1) is 17.7 Å². The van der Waals surface area contributed by atoms with Crippen molar-refractivity contribution in [1.82, 2.24) is 9.80 Å². The number of amides is 1. The third-order valence-corrected chi connectivity index (χ3v) is 6.53. The molecule has 10 nitrogen and oxygen atoms in total. The second-order valence-corrected chi connectivity index (χ2v) is 8.72. The predicted octanol–water partition coefficient (Wildman–Crippen LogP) is 1.28. The van der Waals surface area contributed by atoms with Crippen molar-refractivity contribution < 1.29 is 4.79 Å². The summed E-state index contributed by atoms with van der Waals surface area (Å²) in [6.07, 6.45) is 0. The number of carbonyl (C=O) groups excluding carboxylic acids is 1. The minimum Gasteiger partial charge on any atom is -0.370 e. The Morgan fingerprint density at radius 1 is 0.794 bits per heavy atom. The molecule has 180 valence electrons. The van der Waals surface area contributed by atoms with Gasteiger partial charge in [-0.05, 0) is 55.0 Å². The molecule has 0 unspecified atom stereocenters. The van der Waals surface area contributed by atoms with Crippen molar-refractivity contribution in [2.24, 2.45) is 11.5 Å². The highest BCUT2D eigenvalue weighted by Crippen LogP contribution is 2.25. The first kappa shape index (κ1) is 23.2. The van der Waals surface area contributed by atoms with E-state index >= 15 is 0 Å². The third-order valence-electron chi connectivity index (χ3n) is 6.53. The summed E-state index contributed by atoms with van der Waals surface area (Å²) in [7, 11) is 0. The van der Waals surface area contributed by atoms with Gasteiger partial charge in [-0.2, -0.15) is 0 Å². The number of carbonyl (C=O) groups is 1. The van der Waals surface area contributed by atoms with E-state index < -0.39 is 0 Å². The van der Waals surface area contributed by atoms with E-state index in [0.29, 0.717) is 5.56 Å². The minimum atomic E-state index is -0.143. The van der Waals surface area contributed by atoms with Crippen LogP contribution in [0.15, 0.2) is 42.5 Å². The van der Waals surface area contributed by atoms with Crippen molar-refractivity contribution in [3.63, 3.8) is 0 Å². The maximum atomic E-state index is 12.8. The van der Waals surface area contributed by atoms with Crippen LogP contribution in [0.2, 0.25) is 0 Å². The quantitative estimate of drug-likeness (QED) is 0.340. The van der Waals surface area contributed by atoms with Gasteiger partial charge in [0.15, 0.2) is 11.9 Å². The molecule has 2 aliphatic rings. The highest BCUT2D eigenvalue weighted by Gasteiger charge is 2.20. The average Bonchev–Trinajstić information content (AvgIpc) is 2.84. The summed E-state index contributed by atoms with van der Waals surface area (Å²) in [5.41, 5.74) is 15.8. The zero-order valence-corrected chi connectivity index (χ0v) is 19.6. The molecule has 34 heavy (non-hydrogen) atoms. The topological polar surface area (TPSA) is 142 Å². The number of nitrogens with zero attached hydrogens (tertiary/aromatic N) is 4. The molecule has 2 heterocycles. The monoisotopic (exact) mass is 463 g/mol. The fourth-order valence-electron chi connectivity index (χ4n) is 4.51. The number of nitrogens with one attached hydrogen (secondary N) is 3. The van der Waals surface area contributed by atoms with E-state index in [1.165, 1.54) is 0 Å². The Morgan fingerprint density at radius 3 is 1.82 bits per heavy atom. The summed E-state index contributed by atoms with van der Waals surface area (Å²) in [4.78, 5) is 21.1. The van der Waals surface area contributed by atoms with Crippen molar-refractivity contribution in [1.29, 1.82) is 10.8 Å². The molecule has 4 rings (SSSR count). The van der Waals surface area contributed by atoms with Gasteiger partial charge in [0.2, 0.25) is 0 Å². The van der Waals surface area contributed by atoms with E-state index in [1.807, 2.05) is 59.2 Å². The standard InChI is InChI=1S/C24H33N9O/c1-17-16-19(4-7-21(17)31-10-14-33(15-11-31)24(27)28)29-22(34)18-2-5-20(6-3-18)30-8-12-32(13-9-30)23(25)26/h2-7,16H,8-15H2,1H3,(H3,25,26)(H3,27,28)(H,29,34). The first-order valence-electron chi connectivity index (χ1n) is 11.5. The molecule has 2 aliphatic heterocycles. The average molecular weight is 464 g/mol. The molecular formula is C24H33N9O. The number of hydrogen-bond donors (Lipinski definition) is 5. The zero-order valence-electron chi connectivity index (χ0n) is 19.6. The molecule has 7 N–H and O–H groups in total. The van der Waals surface area contributed by atoms with E-state index in [0.717, 1.165) is 75.0 Å². The summed E-state index contributed by atoms with van der Waals surface area (Å²) < 4.78 is 0. The van der Waals surface area contributed by atoms with Gasteiger partial charge in [-0.25, -0.2) is 0 Å². The fraction of sp³-hybridized carbons (Fsp3) is 0.375. The van der Waals surface area contributed by atoms with Gasteiger partial charge >= 0.3 is 0 Å². The molecule has 0 radical (unpaired) electrons. The largest absolute Gasteiger partial charge is 0.370 e. The Balaban J connectivity index is 1.34. The Labute approximate surface area is 200 Å². The molecule has 0 atom stereocenters. The summed E-state index contributed by atoms with van der Waals surface area (Å²) in [5.74, 6) is 0.0960. The van der Waals surface area contributed by atoms with Crippen molar-refractivity contribution in [2.75, 3.05) is 67.5 Å². The van der Waals surface area contributed by atoms with Crippen molar-refractivity contribution in [2.45, 2.75) is 6.92 Å². The van der Waals surface area contributed by atoms with Crippen LogP contribution >= 0.6 is 0 Å². The third kappa shape index (κ3) is 5.16. The van der Waals surface area contributed by atoms with Crippen LogP contribution in [0.1, 0.15) is 15.9 Å². The van der Waals surface area contributed by atoms with Crippen LogP contribution < -0.4 is 26.6 Å². The Bertz CT molecular complexity index is 1050. The van der Waals surface area contributed by atoms with Gasteiger partial charge in [0.25, 0.3) is 5.91 Å². The first-order chi connectivity index (χ1) is 16.3. The van der Waals surface area contributed by atoms with Gasteiger partial charge in [0.05, 0.1) is 0 Å². The maximum absolute atomic E-state index is 12.8. The summed E-state index contributed by atoms with van der Waals surface area (Å²) >= 11 is 0. The van der Waals surface area contributed by atoms with Crippen LogP contribution in [-0.4, -0.2) is 80.0 Å². The van der Waals surface area contributed by atoms with Crippen molar-refractivity contribution in [3.05, 3.63) is 53.6 Å². The number of aryl methyl sites for hydroxylation is 1. The molecule has 2 aromatic rings. The SMILES string of the molecule is Cc1cc(NC(=O)c2ccc(N3CCN(C(=N)N)CC3)cc2)ccc1N1CCN(C(=N)N)CC1. The van der Waals surface area contributed by atoms with Gasteiger partial charge in [-0.15, -0.1) is 0 Å². The normalized spacial score (nSPS) is 16.4. The van der Waals surface area contributed by atoms with E-state index in [4.69, 9.17) is 22.3 Å². The zero-order chi connectivity index (χ0) is 24.2. The molecule has 0 aliphatic carbocycles. The highest BCUT2D eigenvalue weighted by molar-refractivity contribution is 6.04. The molecule has 2 fully saturated rings. The Hall–Kier alpha value is -3.95. The van der Waals surface area contributed by atoms with Crippen molar-refractivity contribution >= 4 is 34.9 Å². The van der Waals surface area contributed by atoms with Gasteiger partial charge in [-0.1, -0.05) is 0 Å². The molecule has 0 spiro atoms. The van der Waals surface area contributed by atoms with Gasteiger partial charge in [-0.3, -0.25) is 15.6 Å². The lowest BCUT2D eigenvalue weighted by Crippen LogP contribution is -2.51. The molecule has 2 aromatic carbocycles. The minimum absolute atomic E-state index is 0.116.